The van der Waals surface area contributed by atoms with E-state index in [9.17, 15) is 4.39 Å². The number of halogens is 2. The van der Waals surface area contributed by atoms with Gasteiger partial charge in [-0.05, 0) is 37.1 Å². The molecule has 0 spiro atoms. The molecule has 0 aliphatic carbocycles. The molecule has 0 amide bonds. The molecule has 18 heavy (non-hydrogen) atoms. The first-order valence-electron chi connectivity index (χ1n) is 5.88. The van der Waals surface area contributed by atoms with Gasteiger partial charge in [0.05, 0.1) is 5.38 Å². The Labute approximate surface area is 112 Å². The summed E-state index contributed by atoms with van der Waals surface area (Å²) in [4.78, 5) is 4.28. The van der Waals surface area contributed by atoms with E-state index in [-0.39, 0.29) is 11.2 Å². The molecule has 94 valence electrons. The van der Waals surface area contributed by atoms with E-state index in [1.807, 2.05) is 32.0 Å². The second kappa shape index (κ2) is 5.49. The standard InChI is InChI=1S/C15H15ClFN/c1-10-5-6-12(14(17)8-10)13(16)9-15-11(2)4-3-7-18-15/h3-8,13H,9H2,1-2H3. The Bertz CT molecular complexity index is 554. The van der Waals surface area contributed by atoms with Crippen LogP contribution in [0, 0.1) is 19.7 Å². The average molecular weight is 264 g/mol. The van der Waals surface area contributed by atoms with E-state index in [0.29, 0.717) is 12.0 Å². The number of aryl methyl sites for hydroxylation is 2. The number of hydrogen-bond acceptors (Lipinski definition) is 1. The van der Waals surface area contributed by atoms with Gasteiger partial charge in [0, 0.05) is 23.9 Å². The van der Waals surface area contributed by atoms with Crippen molar-refractivity contribution in [3.05, 3.63) is 64.7 Å². The van der Waals surface area contributed by atoms with Crippen LogP contribution in [0.1, 0.15) is 27.8 Å². The minimum atomic E-state index is -0.390. The molecule has 1 nitrogen and oxygen atoms in total. The van der Waals surface area contributed by atoms with Gasteiger partial charge in [-0.25, -0.2) is 4.39 Å². The van der Waals surface area contributed by atoms with Crippen LogP contribution >= 0.6 is 11.6 Å². The summed E-state index contributed by atoms with van der Waals surface area (Å²) in [5.41, 5.74) is 3.43. The highest BCUT2D eigenvalue weighted by Gasteiger charge is 2.15. The van der Waals surface area contributed by atoms with E-state index in [4.69, 9.17) is 11.6 Å². The number of benzene rings is 1. The zero-order valence-electron chi connectivity index (χ0n) is 10.5. The number of alkyl halides is 1. The lowest BCUT2D eigenvalue weighted by Gasteiger charge is -2.12. The van der Waals surface area contributed by atoms with Gasteiger partial charge >= 0.3 is 0 Å². The summed E-state index contributed by atoms with van der Waals surface area (Å²) in [6.45, 7) is 3.84. The summed E-state index contributed by atoms with van der Waals surface area (Å²) in [6, 6.07) is 9.00. The van der Waals surface area contributed by atoms with E-state index < -0.39 is 0 Å². The molecule has 2 aromatic rings. The van der Waals surface area contributed by atoms with E-state index in [2.05, 4.69) is 4.98 Å². The predicted molar refractivity (Wildman–Crippen MR) is 72.4 cm³/mol. The third-order valence-corrected chi connectivity index (χ3v) is 3.37. The van der Waals surface area contributed by atoms with Gasteiger partial charge in [-0.1, -0.05) is 18.2 Å². The topological polar surface area (TPSA) is 12.9 Å². The quantitative estimate of drug-likeness (QED) is 0.750. The van der Waals surface area contributed by atoms with Crippen LogP contribution in [-0.2, 0) is 6.42 Å². The predicted octanol–water partition coefficient (Wildman–Crippen LogP) is 4.36. The van der Waals surface area contributed by atoms with Crippen molar-refractivity contribution in [2.75, 3.05) is 0 Å². The molecule has 1 atom stereocenters. The minimum absolute atomic E-state index is 0.247. The molecule has 0 bridgehead atoms. The van der Waals surface area contributed by atoms with E-state index >= 15 is 0 Å². The molecule has 1 aromatic carbocycles. The van der Waals surface area contributed by atoms with Gasteiger partial charge in [0.25, 0.3) is 0 Å². The summed E-state index contributed by atoms with van der Waals surface area (Å²) >= 11 is 6.29. The molecule has 0 radical (unpaired) electrons. The van der Waals surface area contributed by atoms with Gasteiger partial charge < -0.3 is 0 Å². The van der Waals surface area contributed by atoms with Gasteiger partial charge in [0.15, 0.2) is 0 Å². The lowest BCUT2D eigenvalue weighted by Crippen LogP contribution is -2.02. The van der Waals surface area contributed by atoms with Crippen LogP contribution in [0.15, 0.2) is 36.5 Å². The maximum absolute atomic E-state index is 13.8. The Morgan fingerprint density at radius 3 is 2.72 bits per heavy atom. The van der Waals surface area contributed by atoms with Crippen LogP contribution in [-0.4, -0.2) is 4.98 Å². The highest BCUT2D eigenvalue weighted by atomic mass is 35.5. The van der Waals surface area contributed by atoms with Gasteiger partial charge in [-0.2, -0.15) is 0 Å². The molecule has 2 rings (SSSR count). The summed E-state index contributed by atoms with van der Waals surface area (Å²) in [5, 5.41) is -0.390. The first-order valence-corrected chi connectivity index (χ1v) is 6.32. The Balaban J connectivity index is 2.22. The van der Waals surface area contributed by atoms with Crippen molar-refractivity contribution < 1.29 is 4.39 Å². The van der Waals surface area contributed by atoms with Crippen LogP contribution in [0.2, 0.25) is 0 Å². The molecule has 0 saturated carbocycles. The second-order valence-electron chi connectivity index (χ2n) is 4.46. The molecule has 0 aliphatic heterocycles. The van der Waals surface area contributed by atoms with Gasteiger partial charge in [-0.3, -0.25) is 4.98 Å². The summed E-state index contributed by atoms with van der Waals surface area (Å²) in [6.07, 6.45) is 2.27. The summed E-state index contributed by atoms with van der Waals surface area (Å²) in [5.74, 6) is -0.247. The maximum Gasteiger partial charge on any atom is 0.128 e. The van der Waals surface area contributed by atoms with Crippen LogP contribution in [0.4, 0.5) is 4.39 Å². The zero-order chi connectivity index (χ0) is 13.1. The molecule has 1 heterocycles. The lowest BCUT2D eigenvalue weighted by molar-refractivity contribution is 0.603. The lowest BCUT2D eigenvalue weighted by atomic mass is 10.0. The average Bonchev–Trinajstić information content (AvgIpc) is 2.32. The maximum atomic E-state index is 13.8. The van der Waals surface area contributed by atoms with Crippen LogP contribution < -0.4 is 0 Å². The Hall–Kier alpha value is -1.41. The second-order valence-corrected chi connectivity index (χ2v) is 4.99. The van der Waals surface area contributed by atoms with Crippen molar-refractivity contribution in [1.82, 2.24) is 4.98 Å². The Morgan fingerprint density at radius 2 is 2.06 bits per heavy atom. The fourth-order valence-corrected chi connectivity index (χ4v) is 2.22. The van der Waals surface area contributed by atoms with E-state index in [1.54, 1.807) is 12.3 Å². The zero-order valence-corrected chi connectivity index (χ0v) is 11.2. The Morgan fingerprint density at radius 1 is 1.28 bits per heavy atom. The normalized spacial score (nSPS) is 12.4. The number of pyridine rings is 1. The molecule has 0 fully saturated rings. The van der Waals surface area contributed by atoms with Crippen molar-refractivity contribution in [3.63, 3.8) is 0 Å². The number of nitrogens with zero attached hydrogens (tertiary/aromatic N) is 1. The fraction of sp³-hybridized carbons (Fsp3) is 0.267. The summed E-state index contributed by atoms with van der Waals surface area (Å²) in [7, 11) is 0. The third-order valence-electron chi connectivity index (χ3n) is 2.98. The molecule has 1 aromatic heterocycles. The molecule has 0 aliphatic rings. The first kappa shape index (κ1) is 13.0. The van der Waals surface area contributed by atoms with Crippen LogP contribution in [0.3, 0.4) is 0 Å². The van der Waals surface area contributed by atoms with Crippen molar-refractivity contribution in [2.24, 2.45) is 0 Å². The molecule has 3 heteroatoms. The highest BCUT2D eigenvalue weighted by Crippen LogP contribution is 2.27. The molecular formula is C15H15ClFN. The number of rotatable bonds is 3. The van der Waals surface area contributed by atoms with Gasteiger partial charge in [-0.15, -0.1) is 11.6 Å². The summed E-state index contributed by atoms with van der Waals surface area (Å²) < 4.78 is 13.8. The molecular weight excluding hydrogens is 249 g/mol. The van der Waals surface area contributed by atoms with Crippen molar-refractivity contribution in [3.8, 4) is 0 Å². The third kappa shape index (κ3) is 2.88. The number of hydrogen-bond donors (Lipinski definition) is 0. The van der Waals surface area contributed by atoms with Crippen LogP contribution in [0.25, 0.3) is 0 Å². The van der Waals surface area contributed by atoms with Crippen molar-refractivity contribution in [2.45, 2.75) is 25.6 Å². The first-order chi connectivity index (χ1) is 8.58. The number of aromatic nitrogens is 1. The monoisotopic (exact) mass is 263 g/mol. The van der Waals surface area contributed by atoms with Gasteiger partial charge in [0.2, 0.25) is 0 Å². The van der Waals surface area contributed by atoms with Crippen LogP contribution in [0.5, 0.6) is 0 Å². The van der Waals surface area contributed by atoms with Crippen molar-refractivity contribution in [1.29, 1.82) is 0 Å². The highest BCUT2D eigenvalue weighted by molar-refractivity contribution is 6.20. The molecule has 0 N–H and O–H groups in total. The SMILES string of the molecule is Cc1ccc(C(Cl)Cc2ncccc2C)c(F)c1. The van der Waals surface area contributed by atoms with Crippen molar-refractivity contribution >= 4 is 11.6 Å². The largest absolute Gasteiger partial charge is 0.261 e. The van der Waals surface area contributed by atoms with E-state index in [1.165, 1.54) is 6.07 Å². The van der Waals surface area contributed by atoms with E-state index in [0.717, 1.165) is 16.8 Å². The molecule has 0 saturated heterocycles. The molecule has 1 unspecified atom stereocenters. The van der Waals surface area contributed by atoms with Gasteiger partial charge in [0.1, 0.15) is 5.82 Å². The minimum Gasteiger partial charge on any atom is -0.261 e. The smallest absolute Gasteiger partial charge is 0.128 e. The fourth-order valence-electron chi connectivity index (χ4n) is 1.90. The Kier molecular flexibility index (Phi) is 3.97.